The molecule has 1 fully saturated rings. The minimum Gasteiger partial charge on any atom is -0.384 e. The lowest BCUT2D eigenvalue weighted by atomic mass is 10.2. The zero-order valence-corrected chi connectivity index (χ0v) is 11.3. The Kier molecular flexibility index (Phi) is 2.83. The van der Waals surface area contributed by atoms with Crippen LogP contribution in [-0.2, 0) is 16.4 Å². The molecular formula is C13H18N2O2S. The van der Waals surface area contributed by atoms with Gasteiger partial charge in [0, 0.05) is 24.8 Å². The van der Waals surface area contributed by atoms with Gasteiger partial charge in [-0.2, -0.15) is 4.31 Å². The summed E-state index contributed by atoms with van der Waals surface area (Å²) in [5.41, 5.74) is 2.19. The van der Waals surface area contributed by atoms with E-state index in [9.17, 15) is 8.42 Å². The third kappa shape index (κ3) is 1.91. The van der Waals surface area contributed by atoms with Gasteiger partial charge >= 0.3 is 0 Å². The van der Waals surface area contributed by atoms with Gasteiger partial charge in [-0.15, -0.1) is 0 Å². The van der Waals surface area contributed by atoms with Crippen molar-refractivity contribution in [2.75, 3.05) is 18.4 Å². The Morgan fingerprint density at radius 3 is 2.83 bits per heavy atom. The monoisotopic (exact) mass is 266 g/mol. The van der Waals surface area contributed by atoms with Crippen molar-refractivity contribution >= 4 is 15.7 Å². The summed E-state index contributed by atoms with van der Waals surface area (Å²) in [6, 6.07) is 5.66. The average Bonchev–Trinajstić information content (AvgIpc) is 3.06. The van der Waals surface area contributed by atoms with E-state index in [0.717, 1.165) is 37.1 Å². The van der Waals surface area contributed by atoms with Crippen molar-refractivity contribution in [2.24, 2.45) is 0 Å². The molecule has 0 amide bonds. The fourth-order valence-corrected chi connectivity index (χ4v) is 4.31. The molecule has 0 radical (unpaired) electrons. The van der Waals surface area contributed by atoms with Gasteiger partial charge in [-0.1, -0.05) is 6.92 Å². The number of anilines is 1. The average molecular weight is 266 g/mol. The maximum atomic E-state index is 12.6. The van der Waals surface area contributed by atoms with E-state index in [4.69, 9.17) is 0 Å². The quantitative estimate of drug-likeness (QED) is 0.904. The van der Waals surface area contributed by atoms with Crippen LogP contribution < -0.4 is 5.32 Å². The van der Waals surface area contributed by atoms with Crippen LogP contribution in [0.5, 0.6) is 0 Å². The van der Waals surface area contributed by atoms with E-state index in [-0.39, 0.29) is 6.04 Å². The molecular weight excluding hydrogens is 248 g/mol. The van der Waals surface area contributed by atoms with Crippen molar-refractivity contribution < 1.29 is 8.42 Å². The highest BCUT2D eigenvalue weighted by Crippen LogP contribution is 2.33. The summed E-state index contributed by atoms with van der Waals surface area (Å²) in [4.78, 5) is 0.443. The van der Waals surface area contributed by atoms with Crippen LogP contribution in [0.15, 0.2) is 23.1 Å². The molecule has 3 rings (SSSR count). The molecule has 1 saturated carbocycles. The predicted molar refractivity (Wildman–Crippen MR) is 71.2 cm³/mol. The molecule has 1 heterocycles. The Morgan fingerprint density at radius 1 is 1.39 bits per heavy atom. The van der Waals surface area contributed by atoms with Gasteiger partial charge in [0.05, 0.1) is 4.90 Å². The molecule has 98 valence electrons. The van der Waals surface area contributed by atoms with E-state index in [1.807, 2.05) is 19.1 Å². The molecule has 0 unspecified atom stereocenters. The van der Waals surface area contributed by atoms with Crippen molar-refractivity contribution in [3.8, 4) is 0 Å². The highest BCUT2D eigenvalue weighted by molar-refractivity contribution is 7.89. The lowest BCUT2D eigenvalue weighted by molar-refractivity contribution is 0.421. The van der Waals surface area contributed by atoms with Crippen molar-refractivity contribution in [1.82, 2.24) is 4.31 Å². The number of fused-ring (bicyclic) bond motifs is 1. The Labute approximate surface area is 108 Å². The molecule has 0 spiro atoms. The summed E-state index contributed by atoms with van der Waals surface area (Å²) < 4.78 is 26.7. The Hall–Kier alpha value is -1.07. The zero-order chi connectivity index (χ0) is 12.8. The van der Waals surface area contributed by atoms with Gasteiger partial charge < -0.3 is 5.32 Å². The van der Waals surface area contributed by atoms with E-state index in [0.29, 0.717) is 11.4 Å². The topological polar surface area (TPSA) is 49.4 Å². The molecule has 18 heavy (non-hydrogen) atoms. The normalized spacial score (nSPS) is 18.8. The maximum Gasteiger partial charge on any atom is 0.243 e. The van der Waals surface area contributed by atoms with Gasteiger partial charge in [0.25, 0.3) is 0 Å². The largest absolute Gasteiger partial charge is 0.384 e. The van der Waals surface area contributed by atoms with Crippen LogP contribution in [0.25, 0.3) is 0 Å². The van der Waals surface area contributed by atoms with Gasteiger partial charge in [0.1, 0.15) is 0 Å². The summed E-state index contributed by atoms with van der Waals surface area (Å²) in [6.07, 6.45) is 2.91. The molecule has 2 aliphatic rings. The number of nitrogens with zero attached hydrogens (tertiary/aromatic N) is 1. The second-order valence-corrected chi connectivity index (χ2v) is 6.83. The Morgan fingerprint density at radius 2 is 2.17 bits per heavy atom. The predicted octanol–water partition coefficient (Wildman–Crippen LogP) is 1.83. The van der Waals surface area contributed by atoms with E-state index in [2.05, 4.69) is 5.32 Å². The van der Waals surface area contributed by atoms with Crippen molar-refractivity contribution in [2.45, 2.75) is 37.1 Å². The first kappa shape index (κ1) is 12.0. The lowest BCUT2D eigenvalue weighted by Gasteiger charge is -2.20. The maximum absolute atomic E-state index is 12.6. The number of hydrogen-bond acceptors (Lipinski definition) is 3. The second-order valence-electron chi connectivity index (χ2n) is 4.94. The number of nitrogens with one attached hydrogen (secondary N) is 1. The van der Waals surface area contributed by atoms with Crippen molar-refractivity contribution in [3.63, 3.8) is 0 Å². The first-order valence-electron chi connectivity index (χ1n) is 6.51. The number of rotatable bonds is 4. The van der Waals surface area contributed by atoms with Crippen LogP contribution in [0.1, 0.15) is 25.3 Å². The van der Waals surface area contributed by atoms with Crippen molar-refractivity contribution in [1.29, 1.82) is 0 Å². The number of hydrogen-bond donors (Lipinski definition) is 1. The van der Waals surface area contributed by atoms with Crippen LogP contribution in [-0.4, -0.2) is 31.9 Å². The molecule has 1 aromatic carbocycles. The van der Waals surface area contributed by atoms with Crippen LogP contribution in [0.2, 0.25) is 0 Å². The van der Waals surface area contributed by atoms with Crippen LogP contribution >= 0.6 is 0 Å². The highest BCUT2D eigenvalue weighted by Gasteiger charge is 2.37. The number of sulfonamides is 1. The summed E-state index contributed by atoms with van der Waals surface area (Å²) in [5, 5.41) is 3.25. The van der Waals surface area contributed by atoms with E-state index >= 15 is 0 Å². The Bertz CT molecular complexity index is 564. The molecule has 0 aromatic heterocycles. The Balaban J connectivity index is 1.97. The molecule has 1 N–H and O–H groups in total. The molecule has 5 heteroatoms. The standard InChI is InChI=1S/C13H18N2O2S/c1-2-15(11-3-4-11)18(16,17)12-5-6-13-10(9-12)7-8-14-13/h5-6,9,11,14H,2-4,7-8H2,1H3. The van der Waals surface area contributed by atoms with Gasteiger partial charge in [0.2, 0.25) is 10.0 Å². The van der Waals surface area contributed by atoms with Crippen LogP contribution in [0.3, 0.4) is 0 Å². The van der Waals surface area contributed by atoms with Gasteiger partial charge in [-0.05, 0) is 43.0 Å². The number of benzene rings is 1. The van der Waals surface area contributed by atoms with Gasteiger partial charge in [-0.25, -0.2) is 8.42 Å². The molecule has 1 aromatic rings. The van der Waals surface area contributed by atoms with Crippen molar-refractivity contribution in [3.05, 3.63) is 23.8 Å². The van der Waals surface area contributed by atoms with Gasteiger partial charge in [0.15, 0.2) is 0 Å². The highest BCUT2D eigenvalue weighted by atomic mass is 32.2. The zero-order valence-electron chi connectivity index (χ0n) is 10.5. The van der Waals surface area contributed by atoms with E-state index in [1.54, 1.807) is 10.4 Å². The fraction of sp³-hybridized carbons (Fsp3) is 0.538. The lowest BCUT2D eigenvalue weighted by Crippen LogP contribution is -2.32. The summed E-state index contributed by atoms with van der Waals surface area (Å²) in [6.45, 7) is 3.37. The third-order valence-electron chi connectivity index (χ3n) is 3.66. The minimum absolute atomic E-state index is 0.228. The van der Waals surface area contributed by atoms with Crippen LogP contribution in [0.4, 0.5) is 5.69 Å². The molecule has 1 aliphatic heterocycles. The SMILES string of the molecule is CCN(C1CC1)S(=O)(=O)c1ccc2c(c1)CCN2. The summed E-state index contributed by atoms with van der Waals surface area (Å²) in [5.74, 6) is 0. The summed E-state index contributed by atoms with van der Waals surface area (Å²) >= 11 is 0. The molecule has 4 nitrogen and oxygen atoms in total. The fourth-order valence-electron chi connectivity index (χ4n) is 2.56. The first-order valence-corrected chi connectivity index (χ1v) is 7.95. The van der Waals surface area contributed by atoms with Gasteiger partial charge in [-0.3, -0.25) is 0 Å². The molecule has 0 saturated heterocycles. The summed E-state index contributed by atoms with van der Waals surface area (Å²) in [7, 11) is -3.30. The smallest absolute Gasteiger partial charge is 0.243 e. The van der Waals surface area contributed by atoms with E-state index < -0.39 is 10.0 Å². The minimum atomic E-state index is -3.30. The molecule has 0 bridgehead atoms. The van der Waals surface area contributed by atoms with Crippen LogP contribution in [0, 0.1) is 0 Å². The first-order chi connectivity index (χ1) is 8.63. The second kappa shape index (κ2) is 4.24. The molecule has 0 atom stereocenters. The van der Waals surface area contributed by atoms with E-state index in [1.165, 1.54) is 0 Å². The third-order valence-corrected chi connectivity index (χ3v) is 5.68. The molecule has 1 aliphatic carbocycles.